The van der Waals surface area contributed by atoms with E-state index in [2.05, 4.69) is 49.5 Å². The molecule has 30 heavy (non-hydrogen) atoms. The summed E-state index contributed by atoms with van der Waals surface area (Å²) in [7, 11) is 1.62. The molecule has 0 atom stereocenters. The Labute approximate surface area is 174 Å². The van der Waals surface area contributed by atoms with E-state index >= 15 is 0 Å². The van der Waals surface area contributed by atoms with Crippen molar-refractivity contribution in [2.24, 2.45) is 5.92 Å². The maximum absolute atomic E-state index is 5.23. The maximum atomic E-state index is 5.23. The van der Waals surface area contributed by atoms with Gasteiger partial charge in [0.05, 0.1) is 31.7 Å². The third-order valence-corrected chi connectivity index (χ3v) is 5.66. The van der Waals surface area contributed by atoms with Crippen molar-refractivity contribution >= 4 is 5.65 Å². The van der Waals surface area contributed by atoms with Gasteiger partial charge in [-0.3, -0.25) is 4.98 Å². The highest BCUT2D eigenvalue weighted by Crippen LogP contribution is 2.25. The number of pyridine rings is 2. The number of nitrogens with one attached hydrogen (secondary N) is 1. The molecular weight excluding hydrogens is 378 g/mol. The SMILES string of the molecule is COc1cncc(-c2cn(Cc3cn4cc(CNCC5CCC5)ccc4n3)nn2)c1. The van der Waals surface area contributed by atoms with Gasteiger partial charge in [-0.2, -0.15) is 0 Å². The summed E-state index contributed by atoms with van der Waals surface area (Å²) in [6, 6.07) is 6.11. The van der Waals surface area contributed by atoms with E-state index in [1.54, 1.807) is 24.2 Å². The molecule has 1 aliphatic rings. The molecular formula is C22H25N7O. The highest BCUT2D eigenvalue weighted by molar-refractivity contribution is 5.58. The Morgan fingerprint density at radius 1 is 1.17 bits per heavy atom. The zero-order chi connectivity index (χ0) is 20.3. The lowest BCUT2D eigenvalue weighted by Crippen LogP contribution is -2.26. The molecule has 1 saturated carbocycles. The van der Waals surface area contributed by atoms with Crippen LogP contribution in [0.4, 0.5) is 0 Å². The molecule has 4 heterocycles. The molecule has 0 spiro atoms. The van der Waals surface area contributed by atoms with Crippen molar-refractivity contribution in [2.75, 3.05) is 13.7 Å². The lowest BCUT2D eigenvalue weighted by Gasteiger charge is -2.25. The van der Waals surface area contributed by atoms with Crippen LogP contribution in [0.1, 0.15) is 30.5 Å². The Bertz CT molecular complexity index is 1150. The van der Waals surface area contributed by atoms with Crippen molar-refractivity contribution in [1.82, 2.24) is 34.7 Å². The Balaban J connectivity index is 1.26. The molecule has 1 fully saturated rings. The molecule has 0 aromatic carbocycles. The second kappa shape index (κ2) is 8.23. The van der Waals surface area contributed by atoms with E-state index in [4.69, 9.17) is 9.72 Å². The van der Waals surface area contributed by atoms with E-state index < -0.39 is 0 Å². The first kappa shape index (κ1) is 18.7. The highest BCUT2D eigenvalue weighted by atomic mass is 16.5. The molecule has 0 bridgehead atoms. The van der Waals surface area contributed by atoms with Crippen LogP contribution >= 0.6 is 0 Å². The number of hydrogen-bond acceptors (Lipinski definition) is 6. The summed E-state index contributed by atoms with van der Waals surface area (Å²) in [5.41, 5.74) is 4.76. The Hall–Kier alpha value is -3.26. The molecule has 0 radical (unpaired) electrons. The van der Waals surface area contributed by atoms with E-state index in [1.807, 2.05) is 12.3 Å². The van der Waals surface area contributed by atoms with Gasteiger partial charge < -0.3 is 14.5 Å². The normalized spacial score (nSPS) is 14.2. The van der Waals surface area contributed by atoms with Crippen LogP contribution in [0.5, 0.6) is 5.75 Å². The van der Waals surface area contributed by atoms with E-state index in [-0.39, 0.29) is 0 Å². The molecule has 1 aliphatic carbocycles. The third-order valence-electron chi connectivity index (χ3n) is 5.66. The summed E-state index contributed by atoms with van der Waals surface area (Å²) in [5, 5.41) is 12.1. The maximum Gasteiger partial charge on any atom is 0.137 e. The minimum Gasteiger partial charge on any atom is -0.495 e. The number of nitrogens with zero attached hydrogens (tertiary/aromatic N) is 6. The van der Waals surface area contributed by atoms with E-state index in [0.717, 1.165) is 41.6 Å². The van der Waals surface area contributed by atoms with Gasteiger partial charge in [0.15, 0.2) is 0 Å². The number of imidazole rings is 1. The van der Waals surface area contributed by atoms with Crippen LogP contribution in [0.2, 0.25) is 0 Å². The monoisotopic (exact) mass is 403 g/mol. The summed E-state index contributed by atoms with van der Waals surface area (Å²) in [4.78, 5) is 8.89. The van der Waals surface area contributed by atoms with Crippen LogP contribution in [0.25, 0.3) is 16.9 Å². The smallest absolute Gasteiger partial charge is 0.137 e. The molecule has 1 N–H and O–H groups in total. The number of fused-ring (bicyclic) bond motifs is 1. The Morgan fingerprint density at radius 3 is 2.93 bits per heavy atom. The Kier molecular flexibility index (Phi) is 5.15. The van der Waals surface area contributed by atoms with Crippen molar-refractivity contribution < 1.29 is 4.74 Å². The second-order valence-corrected chi connectivity index (χ2v) is 7.88. The largest absolute Gasteiger partial charge is 0.495 e. The lowest BCUT2D eigenvalue weighted by atomic mass is 9.85. The van der Waals surface area contributed by atoms with Gasteiger partial charge in [-0.25, -0.2) is 9.67 Å². The predicted octanol–water partition coefficient (Wildman–Crippen LogP) is 2.93. The van der Waals surface area contributed by atoms with Gasteiger partial charge >= 0.3 is 0 Å². The van der Waals surface area contributed by atoms with Gasteiger partial charge in [-0.05, 0) is 43.0 Å². The van der Waals surface area contributed by atoms with Gasteiger partial charge in [-0.1, -0.05) is 17.7 Å². The van der Waals surface area contributed by atoms with Gasteiger partial charge in [0, 0.05) is 30.7 Å². The number of ether oxygens (including phenoxy) is 1. The highest BCUT2D eigenvalue weighted by Gasteiger charge is 2.16. The van der Waals surface area contributed by atoms with Crippen molar-refractivity contribution in [2.45, 2.75) is 32.4 Å². The van der Waals surface area contributed by atoms with Crippen molar-refractivity contribution in [1.29, 1.82) is 0 Å². The van der Waals surface area contributed by atoms with E-state index in [0.29, 0.717) is 12.3 Å². The molecule has 0 aliphatic heterocycles. The minimum absolute atomic E-state index is 0.557. The van der Waals surface area contributed by atoms with Gasteiger partial charge in [-0.15, -0.1) is 5.10 Å². The second-order valence-electron chi connectivity index (χ2n) is 7.88. The Morgan fingerprint density at radius 2 is 2.10 bits per heavy atom. The number of methoxy groups -OCH3 is 1. The quantitative estimate of drug-likeness (QED) is 0.487. The standard InChI is InChI=1S/C22H25N7O/c1-30-20-7-18(10-24-11-20)21-15-29(27-26-21)14-19-13-28-12-17(5-6-22(28)25-19)9-23-8-16-3-2-4-16/h5-7,10-13,15-16,23H,2-4,8-9,14H2,1H3. The van der Waals surface area contributed by atoms with Crippen molar-refractivity contribution in [3.8, 4) is 17.0 Å². The molecule has 0 unspecified atom stereocenters. The van der Waals surface area contributed by atoms with Gasteiger partial charge in [0.1, 0.15) is 17.1 Å². The molecule has 4 aromatic heterocycles. The molecule has 5 rings (SSSR count). The lowest BCUT2D eigenvalue weighted by molar-refractivity contribution is 0.301. The first-order valence-corrected chi connectivity index (χ1v) is 10.3. The van der Waals surface area contributed by atoms with E-state index in [1.165, 1.54) is 24.8 Å². The number of rotatable bonds is 8. The van der Waals surface area contributed by atoms with Crippen LogP contribution in [0, 0.1) is 5.92 Å². The van der Waals surface area contributed by atoms with E-state index in [9.17, 15) is 0 Å². The summed E-state index contributed by atoms with van der Waals surface area (Å²) >= 11 is 0. The van der Waals surface area contributed by atoms with Crippen LogP contribution < -0.4 is 10.1 Å². The zero-order valence-corrected chi connectivity index (χ0v) is 17.0. The fourth-order valence-corrected chi connectivity index (χ4v) is 3.73. The summed E-state index contributed by atoms with van der Waals surface area (Å²) in [5.74, 6) is 1.56. The van der Waals surface area contributed by atoms with Gasteiger partial charge in [0.25, 0.3) is 0 Å². The predicted molar refractivity (Wildman–Crippen MR) is 113 cm³/mol. The molecule has 154 valence electrons. The molecule has 0 amide bonds. The fraction of sp³-hybridized carbons (Fsp3) is 0.364. The van der Waals surface area contributed by atoms with Crippen molar-refractivity contribution in [3.05, 3.63) is 60.4 Å². The fourth-order valence-electron chi connectivity index (χ4n) is 3.73. The summed E-state index contributed by atoms with van der Waals surface area (Å²) in [6.07, 6.45) is 13.7. The summed E-state index contributed by atoms with van der Waals surface area (Å²) < 4.78 is 9.10. The zero-order valence-electron chi connectivity index (χ0n) is 17.0. The third kappa shape index (κ3) is 4.04. The number of aromatic nitrogens is 6. The van der Waals surface area contributed by atoms with Crippen LogP contribution in [-0.2, 0) is 13.1 Å². The average molecular weight is 403 g/mol. The van der Waals surface area contributed by atoms with Gasteiger partial charge in [0.2, 0.25) is 0 Å². The average Bonchev–Trinajstić information content (AvgIpc) is 3.36. The molecule has 4 aromatic rings. The number of hydrogen-bond donors (Lipinski definition) is 1. The first-order valence-electron chi connectivity index (χ1n) is 10.3. The topological polar surface area (TPSA) is 82.2 Å². The van der Waals surface area contributed by atoms with Crippen LogP contribution in [0.3, 0.4) is 0 Å². The van der Waals surface area contributed by atoms with Crippen LogP contribution in [-0.4, -0.2) is 43.0 Å². The first-order chi connectivity index (χ1) is 14.8. The molecule has 0 saturated heterocycles. The molecule has 8 nitrogen and oxygen atoms in total. The summed E-state index contributed by atoms with van der Waals surface area (Å²) in [6.45, 7) is 2.56. The van der Waals surface area contributed by atoms with Crippen LogP contribution in [0.15, 0.2) is 49.2 Å². The van der Waals surface area contributed by atoms with Crippen molar-refractivity contribution in [3.63, 3.8) is 0 Å². The minimum atomic E-state index is 0.557. The molecule has 8 heteroatoms.